The molecular formula is C38H34IrN2-2. The SMILES string of the molecule is Cc1[c-]c(-c2ccc3ccccc3n2)cc2c1C(C)(C)CC2(C)C.[Ir].[c-]1ccccc1-c1ccc2ccccc2n1. The maximum atomic E-state index is 4.86. The van der Waals surface area contributed by atoms with Crippen LogP contribution in [0.5, 0.6) is 0 Å². The molecule has 0 saturated heterocycles. The molecule has 1 aliphatic carbocycles. The largest absolute Gasteiger partial charge is 0.296 e. The second-order valence-electron chi connectivity index (χ2n) is 12.1. The van der Waals surface area contributed by atoms with E-state index in [0.717, 1.165) is 33.5 Å². The predicted octanol–water partition coefficient (Wildman–Crippen LogP) is 9.67. The summed E-state index contributed by atoms with van der Waals surface area (Å²) in [5.74, 6) is 0. The zero-order valence-corrected chi connectivity index (χ0v) is 26.6. The summed E-state index contributed by atoms with van der Waals surface area (Å²) >= 11 is 0. The normalized spacial score (nSPS) is 14.6. The Morgan fingerprint density at radius 2 is 1.20 bits per heavy atom. The van der Waals surface area contributed by atoms with Crippen LogP contribution < -0.4 is 0 Å². The number of hydrogen-bond donors (Lipinski definition) is 0. The van der Waals surface area contributed by atoms with E-state index in [9.17, 15) is 0 Å². The van der Waals surface area contributed by atoms with E-state index in [0.29, 0.717) is 0 Å². The van der Waals surface area contributed by atoms with Crippen LogP contribution in [0.25, 0.3) is 44.3 Å². The Kier molecular flexibility index (Phi) is 7.97. The van der Waals surface area contributed by atoms with Crippen LogP contribution in [-0.4, -0.2) is 9.97 Å². The molecule has 0 fully saturated rings. The van der Waals surface area contributed by atoms with Gasteiger partial charge in [0, 0.05) is 20.1 Å². The molecule has 2 nitrogen and oxygen atoms in total. The molecule has 3 heteroatoms. The number of hydrogen-bond acceptors (Lipinski definition) is 2. The van der Waals surface area contributed by atoms with Crippen molar-refractivity contribution in [2.75, 3.05) is 0 Å². The van der Waals surface area contributed by atoms with Gasteiger partial charge in [0.1, 0.15) is 0 Å². The Bertz CT molecular complexity index is 1840. The molecule has 0 N–H and O–H groups in total. The Morgan fingerprint density at radius 3 is 1.78 bits per heavy atom. The Balaban J connectivity index is 0.000000173. The number of pyridine rings is 2. The summed E-state index contributed by atoms with van der Waals surface area (Å²) < 4.78 is 0. The first-order valence-electron chi connectivity index (χ1n) is 14.0. The summed E-state index contributed by atoms with van der Waals surface area (Å²) in [6, 6.07) is 41.9. The van der Waals surface area contributed by atoms with E-state index in [1.807, 2.05) is 54.6 Å². The van der Waals surface area contributed by atoms with Crippen molar-refractivity contribution in [2.24, 2.45) is 0 Å². The van der Waals surface area contributed by atoms with E-state index in [1.165, 1.54) is 33.9 Å². The molecule has 0 unspecified atom stereocenters. The predicted molar refractivity (Wildman–Crippen MR) is 167 cm³/mol. The fourth-order valence-corrected chi connectivity index (χ4v) is 6.54. The van der Waals surface area contributed by atoms with Crippen molar-refractivity contribution in [3.05, 3.63) is 132 Å². The van der Waals surface area contributed by atoms with Crippen molar-refractivity contribution in [2.45, 2.75) is 51.9 Å². The van der Waals surface area contributed by atoms with Crippen LogP contribution >= 0.6 is 0 Å². The monoisotopic (exact) mass is 711 g/mol. The molecule has 0 aliphatic heterocycles. The number of fused-ring (bicyclic) bond motifs is 3. The molecule has 0 spiro atoms. The minimum Gasteiger partial charge on any atom is -0.296 e. The first kappa shape index (κ1) is 28.9. The van der Waals surface area contributed by atoms with Crippen LogP contribution in [0.2, 0.25) is 0 Å². The molecule has 0 bridgehead atoms. The number of aromatic nitrogens is 2. The Labute approximate surface area is 257 Å². The number of rotatable bonds is 2. The molecule has 0 amide bonds. The van der Waals surface area contributed by atoms with Crippen molar-refractivity contribution in [1.29, 1.82) is 0 Å². The molecule has 1 radical (unpaired) electrons. The molecule has 207 valence electrons. The van der Waals surface area contributed by atoms with Gasteiger partial charge in [0.25, 0.3) is 0 Å². The molecule has 4 aromatic carbocycles. The first-order valence-corrected chi connectivity index (χ1v) is 14.0. The van der Waals surface area contributed by atoms with Gasteiger partial charge in [-0.2, -0.15) is 0 Å². The van der Waals surface area contributed by atoms with Crippen molar-refractivity contribution in [3.8, 4) is 22.5 Å². The van der Waals surface area contributed by atoms with Gasteiger partial charge in [-0.05, 0) is 51.5 Å². The Hall–Kier alpha value is -3.65. The third-order valence-electron chi connectivity index (χ3n) is 8.00. The molecule has 2 aromatic heterocycles. The fourth-order valence-electron chi connectivity index (χ4n) is 6.54. The molecular weight excluding hydrogens is 677 g/mol. The van der Waals surface area contributed by atoms with Gasteiger partial charge >= 0.3 is 0 Å². The summed E-state index contributed by atoms with van der Waals surface area (Å²) in [7, 11) is 0. The topological polar surface area (TPSA) is 25.8 Å². The second kappa shape index (κ2) is 11.3. The summed E-state index contributed by atoms with van der Waals surface area (Å²) in [6.07, 6.45) is 1.18. The van der Waals surface area contributed by atoms with Gasteiger partial charge < -0.3 is 0 Å². The Morgan fingerprint density at radius 1 is 0.634 bits per heavy atom. The molecule has 0 saturated carbocycles. The van der Waals surface area contributed by atoms with E-state index in [-0.39, 0.29) is 30.9 Å². The number of aryl methyl sites for hydroxylation is 1. The second-order valence-corrected chi connectivity index (χ2v) is 12.1. The van der Waals surface area contributed by atoms with Gasteiger partial charge in [-0.25, -0.2) is 0 Å². The maximum absolute atomic E-state index is 4.86. The van der Waals surface area contributed by atoms with E-state index in [2.05, 4.69) is 100 Å². The van der Waals surface area contributed by atoms with E-state index in [4.69, 9.17) is 4.98 Å². The third-order valence-corrected chi connectivity index (χ3v) is 8.00. The van der Waals surface area contributed by atoms with Gasteiger partial charge in [0.05, 0.1) is 11.0 Å². The van der Waals surface area contributed by atoms with Crippen LogP contribution in [0.1, 0.15) is 50.8 Å². The standard InChI is InChI=1S/C23H24N.C15H10N.Ir/c1-15-12-17(13-18-21(15)23(4,5)14-22(18,2)3)20-11-10-16-8-6-7-9-19(16)24-20;1-2-6-12(7-3-1)15-11-10-13-8-4-5-9-14(13)16-15;/h6-11,13H,14H2,1-5H3;1-6,8-11H;/q2*-1;. The summed E-state index contributed by atoms with van der Waals surface area (Å²) in [5, 5.41) is 2.35. The minimum absolute atomic E-state index is 0. The van der Waals surface area contributed by atoms with E-state index >= 15 is 0 Å². The zero-order chi connectivity index (χ0) is 27.9. The van der Waals surface area contributed by atoms with Crippen molar-refractivity contribution >= 4 is 21.8 Å². The number of benzene rings is 4. The van der Waals surface area contributed by atoms with Crippen molar-refractivity contribution < 1.29 is 20.1 Å². The van der Waals surface area contributed by atoms with Crippen LogP contribution in [-0.2, 0) is 30.9 Å². The molecule has 6 aromatic rings. The van der Waals surface area contributed by atoms with E-state index in [1.54, 1.807) is 0 Å². The van der Waals surface area contributed by atoms with Crippen LogP contribution in [0.4, 0.5) is 0 Å². The fraction of sp³-hybridized carbons (Fsp3) is 0.211. The molecule has 41 heavy (non-hydrogen) atoms. The average molecular weight is 711 g/mol. The zero-order valence-electron chi connectivity index (χ0n) is 24.2. The van der Waals surface area contributed by atoms with Crippen molar-refractivity contribution in [3.63, 3.8) is 0 Å². The summed E-state index contributed by atoms with van der Waals surface area (Å²) in [6.45, 7) is 11.6. The van der Waals surface area contributed by atoms with Crippen molar-refractivity contribution in [1.82, 2.24) is 9.97 Å². The van der Waals surface area contributed by atoms with Gasteiger partial charge in [0.2, 0.25) is 0 Å². The quantitative estimate of drug-likeness (QED) is 0.167. The van der Waals surface area contributed by atoms with Gasteiger partial charge in [-0.15, -0.1) is 70.3 Å². The van der Waals surface area contributed by atoms with Crippen LogP contribution in [0.3, 0.4) is 0 Å². The average Bonchev–Trinajstić information content (AvgIpc) is 3.16. The van der Waals surface area contributed by atoms with Gasteiger partial charge in [-0.1, -0.05) is 95.3 Å². The van der Waals surface area contributed by atoms with Gasteiger partial charge in [-0.3, -0.25) is 9.97 Å². The number of nitrogens with zero attached hydrogens (tertiary/aromatic N) is 2. The van der Waals surface area contributed by atoms with E-state index < -0.39 is 0 Å². The maximum Gasteiger partial charge on any atom is 0.0595 e. The smallest absolute Gasteiger partial charge is 0.0595 e. The summed E-state index contributed by atoms with van der Waals surface area (Å²) in [5.41, 5.74) is 10.8. The molecule has 1 aliphatic rings. The summed E-state index contributed by atoms with van der Waals surface area (Å²) in [4.78, 5) is 9.48. The molecule has 0 atom stereocenters. The van der Waals surface area contributed by atoms with Gasteiger partial charge in [0.15, 0.2) is 0 Å². The van der Waals surface area contributed by atoms with Crippen LogP contribution in [0.15, 0.2) is 103 Å². The minimum atomic E-state index is 0. The molecule has 2 heterocycles. The number of para-hydroxylation sites is 2. The molecule has 7 rings (SSSR count). The first-order chi connectivity index (χ1) is 19.2. The van der Waals surface area contributed by atoms with Crippen LogP contribution in [0, 0.1) is 19.1 Å². The third kappa shape index (κ3) is 5.75.